The van der Waals surface area contributed by atoms with E-state index in [-0.39, 0.29) is 0 Å². The summed E-state index contributed by atoms with van der Waals surface area (Å²) in [5, 5.41) is 0. The van der Waals surface area contributed by atoms with E-state index < -0.39 is 0 Å². The normalized spacial score (nSPS) is 12.7. The van der Waals surface area contributed by atoms with Crippen LogP contribution in [0.15, 0.2) is 12.2 Å². The summed E-state index contributed by atoms with van der Waals surface area (Å²) in [7, 11) is 0. The molecular weight excluding hydrogens is 112 g/mol. The van der Waals surface area contributed by atoms with Gasteiger partial charge in [-0.15, -0.1) is 0 Å². The van der Waals surface area contributed by atoms with Gasteiger partial charge in [-0.2, -0.15) is 0 Å². The molecule has 0 unspecified atom stereocenters. The van der Waals surface area contributed by atoms with Gasteiger partial charge in [0, 0.05) is 0 Å². The van der Waals surface area contributed by atoms with Crippen molar-refractivity contribution in [2.45, 2.75) is 26.7 Å². The summed E-state index contributed by atoms with van der Waals surface area (Å²) >= 11 is 0. The van der Waals surface area contributed by atoms with Crippen molar-refractivity contribution in [3.8, 4) is 0 Å². The highest BCUT2D eigenvalue weighted by atomic mass is 16.1. The molecule has 0 rings (SSSR count). The molecular formula is C8H14O. The van der Waals surface area contributed by atoms with Gasteiger partial charge in [-0.05, 0) is 17.9 Å². The van der Waals surface area contributed by atoms with Gasteiger partial charge < -0.3 is 0 Å². The maximum atomic E-state index is 10.1. The van der Waals surface area contributed by atoms with Crippen molar-refractivity contribution in [3.63, 3.8) is 0 Å². The van der Waals surface area contributed by atoms with Crippen LogP contribution in [-0.2, 0) is 4.79 Å². The first-order valence-electron chi connectivity index (χ1n) is 3.33. The standard InChI is InChI=1S/C8H14O/c1-4-7(2)5-8(3)6-9/h6-7H,3-5H2,1-2H3/t7-/m1/s1. The Labute approximate surface area is 56.8 Å². The lowest BCUT2D eigenvalue weighted by Gasteiger charge is -2.04. The summed E-state index contributed by atoms with van der Waals surface area (Å²) in [6.07, 6.45) is 2.80. The largest absolute Gasteiger partial charge is 0.298 e. The molecule has 52 valence electrons. The molecule has 0 saturated carbocycles. The van der Waals surface area contributed by atoms with Crippen molar-refractivity contribution in [2.75, 3.05) is 0 Å². The summed E-state index contributed by atoms with van der Waals surface area (Å²) in [5.74, 6) is 0.600. The molecule has 0 aliphatic rings. The second kappa shape index (κ2) is 4.30. The molecule has 0 aromatic rings. The average molecular weight is 126 g/mol. The van der Waals surface area contributed by atoms with Crippen LogP contribution in [0.1, 0.15) is 26.7 Å². The van der Waals surface area contributed by atoms with Crippen LogP contribution in [0, 0.1) is 5.92 Å². The second-order valence-electron chi connectivity index (χ2n) is 2.49. The van der Waals surface area contributed by atoms with Crippen molar-refractivity contribution in [1.82, 2.24) is 0 Å². The third kappa shape index (κ3) is 3.95. The number of hydrogen-bond acceptors (Lipinski definition) is 1. The lowest BCUT2D eigenvalue weighted by atomic mass is 10.0. The molecule has 1 heteroatoms. The summed E-state index contributed by atoms with van der Waals surface area (Å²) in [4.78, 5) is 10.1. The Hall–Kier alpha value is -0.590. The van der Waals surface area contributed by atoms with Crippen LogP contribution in [0.5, 0.6) is 0 Å². The molecule has 0 radical (unpaired) electrons. The minimum absolute atomic E-state index is 0.600. The van der Waals surface area contributed by atoms with Crippen LogP contribution in [-0.4, -0.2) is 6.29 Å². The average Bonchev–Trinajstić information content (AvgIpc) is 1.87. The molecule has 0 saturated heterocycles. The van der Waals surface area contributed by atoms with Crippen LogP contribution in [0.3, 0.4) is 0 Å². The molecule has 0 fully saturated rings. The fourth-order valence-electron chi connectivity index (χ4n) is 0.640. The number of aldehydes is 1. The number of carbonyl (C=O) groups excluding carboxylic acids is 1. The first-order valence-corrected chi connectivity index (χ1v) is 3.33. The predicted octanol–water partition coefficient (Wildman–Crippen LogP) is 2.18. The summed E-state index contributed by atoms with van der Waals surface area (Å²) in [5.41, 5.74) is 0.712. The topological polar surface area (TPSA) is 17.1 Å². The van der Waals surface area contributed by atoms with Gasteiger partial charge in [0.15, 0.2) is 0 Å². The van der Waals surface area contributed by atoms with E-state index in [1.54, 1.807) is 0 Å². The van der Waals surface area contributed by atoms with E-state index in [2.05, 4.69) is 20.4 Å². The first kappa shape index (κ1) is 8.41. The Morgan fingerprint density at radius 3 is 2.67 bits per heavy atom. The van der Waals surface area contributed by atoms with Crippen molar-refractivity contribution in [2.24, 2.45) is 5.92 Å². The van der Waals surface area contributed by atoms with E-state index >= 15 is 0 Å². The second-order valence-corrected chi connectivity index (χ2v) is 2.49. The first-order chi connectivity index (χ1) is 4.20. The van der Waals surface area contributed by atoms with Gasteiger partial charge in [0.2, 0.25) is 0 Å². The van der Waals surface area contributed by atoms with Crippen LogP contribution in [0.4, 0.5) is 0 Å². The number of hydrogen-bond donors (Lipinski definition) is 0. The number of carbonyl (C=O) groups is 1. The van der Waals surface area contributed by atoms with Gasteiger partial charge in [0.05, 0.1) is 0 Å². The van der Waals surface area contributed by atoms with Crippen LogP contribution < -0.4 is 0 Å². The Kier molecular flexibility index (Phi) is 4.02. The molecule has 0 N–H and O–H groups in total. The molecule has 0 aliphatic carbocycles. The highest BCUT2D eigenvalue weighted by Crippen LogP contribution is 2.10. The van der Waals surface area contributed by atoms with Crippen molar-refractivity contribution in [1.29, 1.82) is 0 Å². The maximum absolute atomic E-state index is 10.1. The lowest BCUT2D eigenvalue weighted by Crippen LogP contribution is -1.94. The fraction of sp³-hybridized carbons (Fsp3) is 0.625. The predicted molar refractivity (Wildman–Crippen MR) is 39.3 cm³/mol. The molecule has 0 aromatic carbocycles. The van der Waals surface area contributed by atoms with Gasteiger partial charge in [0.1, 0.15) is 6.29 Å². The number of allylic oxidation sites excluding steroid dienone is 1. The number of rotatable bonds is 4. The van der Waals surface area contributed by atoms with E-state index in [0.717, 1.165) is 19.1 Å². The van der Waals surface area contributed by atoms with E-state index in [1.807, 2.05) is 0 Å². The van der Waals surface area contributed by atoms with E-state index in [4.69, 9.17) is 0 Å². The molecule has 0 bridgehead atoms. The Morgan fingerprint density at radius 1 is 1.78 bits per heavy atom. The highest BCUT2D eigenvalue weighted by Gasteiger charge is 1.99. The third-order valence-electron chi connectivity index (χ3n) is 1.47. The van der Waals surface area contributed by atoms with Gasteiger partial charge in [-0.25, -0.2) is 0 Å². The van der Waals surface area contributed by atoms with E-state index in [9.17, 15) is 4.79 Å². The van der Waals surface area contributed by atoms with Crippen LogP contribution in [0.25, 0.3) is 0 Å². The van der Waals surface area contributed by atoms with E-state index in [0.29, 0.717) is 11.5 Å². The van der Waals surface area contributed by atoms with Crippen molar-refractivity contribution < 1.29 is 4.79 Å². The zero-order chi connectivity index (χ0) is 7.28. The fourth-order valence-corrected chi connectivity index (χ4v) is 0.640. The van der Waals surface area contributed by atoms with Crippen molar-refractivity contribution in [3.05, 3.63) is 12.2 Å². The smallest absolute Gasteiger partial charge is 0.145 e. The Bertz CT molecular complexity index is 105. The zero-order valence-corrected chi connectivity index (χ0v) is 6.18. The van der Waals surface area contributed by atoms with Gasteiger partial charge >= 0.3 is 0 Å². The molecule has 0 aliphatic heterocycles. The zero-order valence-electron chi connectivity index (χ0n) is 6.18. The Morgan fingerprint density at radius 2 is 2.33 bits per heavy atom. The van der Waals surface area contributed by atoms with E-state index in [1.165, 1.54) is 0 Å². The minimum atomic E-state index is 0.600. The quantitative estimate of drug-likeness (QED) is 0.417. The third-order valence-corrected chi connectivity index (χ3v) is 1.47. The molecule has 9 heavy (non-hydrogen) atoms. The summed E-state index contributed by atoms with van der Waals surface area (Å²) in [6, 6.07) is 0. The molecule has 0 heterocycles. The summed E-state index contributed by atoms with van der Waals surface area (Å²) < 4.78 is 0. The van der Waals surface area contributed by atoms with Gasteiger partial charge in [0.25, 0.3) is 0 Å². The highest BCUT2D eigenvalue weighted by molar-refractivity contribution is 5.71. The summed E-state index contributed by atoms with van der Waals surface area (Å²) in [6.45, 7) is 7.83. The molecule has 0 spiro atoms. The molecule has 0 amide bonds. The monoisotopic (exact) mass is 126 g/mol. The molecule has 1 nitrogen and oxygen atoms in total. The maximum Gasteiger partial charge on any atom is 0.145 e. The van der Waals surface area contributed by atoms with Crippen molar-refractivity contribution >= 4 is 6.29 Å². The molecule has 0 aromatic heterocycles. The van der Waals surface area contributed by atoms with Gasteiger partial charge in [-0.3, -0.25) is 4.79 Å². The minimum Gasteiger partial charge on any atom is -0.298 e. The Balaban J connectivity index is 3.46. The van der Waals surface area contributed by atoms with Gasteiger partial charge in [-0.1, -0.05) is 26.8 Å². The van der Waals surface area contributed by atoms with Crippen LogP contribution >= 0.6 is 0 Å². The lowest BCUT2D eigenvalue weighted by molar-refractivity contribution is -0.105. The SMILES string of the molecule is C=C(C=O)C[C@H](C)CC. The molecule has 1 atom stereocenters. The van der Waals surface area contributed by atoms with Crippen LogP contribution in [0.2, 0.25) is 0 Å².